The quantitative estimate of drug-likeness (QED) is 0.895. The summed E-state index contributed by atoms with van der Waals surface area (Å²) >= 11 is 0. The lowest BCUT2D eigenvalue weighted by atomic mass is 10.1. The lowest BCUT2D eigenvalue weighted by Crippen LogP contribution is -2.41. The Labute approximate surface area is 113 Å². The molecule has 2 fully saturated rings. The molecule has 0 radical (unpaired) electrons. The van der Waals surface area contributed by atoms with E-state index in [2.05, 4.69) is 17.4 Å². The van der Waals surface area contributed by atoms with Crippen LogP contribution in [-0.2, 0) is 9.53 Å². The van der Waals surface area contributed by atoms with Gasteiger partial charge in [-0.3, -0.25) is 10.1 Å². The highest BCUT2D eigenvalue weighted by atomic mass is 16.5. The van der Waals surface area contributed by atoms with Crippen molar-refractivity contribution in [2.24, 2.45) is 0 Å². The molecule has 0 bridgehead atoms. The first-order valence-electron chi connectivity index (χ1n) is 6.82. The van der Waals surface area contributed by atoms with Crippen molar-refractivity contribution >= 4 is 5.91 Å². The summed E-state index contributed by atoms with van der Waals surface area (Å²) < 4.78 is 5.22. The number of carbonyl (C=O) groups excluding carboxylic acids is 1. The fourth-order valence-electron chi connectivity index (χ4n) is 2.90. The molecular formula is C15H20N2O2. The molecule has 2 unspecified atom stereocenters. The molecule has 2 aliphatic rings. The molecule has 1 aromatic carbocycles. The van der Waals surface area contributed by atoms with Crippen LogP contribution in [0.1, 0.15) is 31.5 Å². The standard InChI is InChI=1S/C15H20N2O2/c1-11(10-19-2)17-13(12-6-4-3-5-7-12)16-15(8-9-15)14(17)18/h3-7,11,13,16H,8-10H2,1-2H3. The molecule has 102 valence electrons. The minimum absolute atomic E-state index is 0.0265. The van der Waals surface area contributed by atoms with Crippen LogP contribution in [0.3, 0.4) is 0 Å². The third-order valence-electron chi connectivity index (χ3n) is 4.08. The molecular weight excluding hydrogens is 240 g/mol. The van der Waals surface area contributed by atoms with Crippen LogP contribution in [0, 0.1) is 0 Å². The van der Waals surface area contributed by atoms with Crippen molar-refractivity contribution in [2.45, 2.75) is 37.5 Å². The number of nitrogens with one attached hydrogen (secondary N) is 1. The van der Waals surface area contributed by atoms with Crippen LogP contribution in [0.5, 0.6) is 0 Å². The predicted molar refractivity (Wildman–Crippen MR) is 72.5 cm³/mol. The van der Waals surface area contributed by atoms with Gasteiger partial charge in [0.2, 0.25) is 5.91 Å². The zero-order valence-electron chi connectivity index (χ0n) is 11.4. The van der Waals surface area contributed by atoms with Gasteiger partial charge in [-0.1, -0.05) is 30.3 Å². The third kappa shape index (κ3) is 2.05. The summed E-state index contributed by atoms with van der Waals surface area (Å²) in [6, 6.07) is 10.2. The van der Waals surface area contributed by atoms with E-state index in [9.17, 15) is 4.79 Å². The summed E-state index contributed by atoms with van der Waals surface area (Å²) in [5.41, 5.74) is 0.852. The average Bonchev–Trinajstić information content (AvgIpc) is 3.13. The van der Waals surface area contributed by atoms with Gasteiger partial charge < -0.3 is 9.64 Å². The zero-order valence-corrected chi connectivity index (χ0v) is 11.4. The van der Waals surface area contributed by atoms with Crippen molar-refractivity contribution in [3.63, 3.8) is 0 Å². The second-order valence-electron chi connectivity index (χ2n) is 5.56. The molecule has 1 aliphatic carbocycles. The van der Waals surface area contributed by atoms with Crippen molar-refractivity contribution in [1.29, 1.82) is 0 Å². The Bertz CT molecular complexity index is 470. The third-order valence-corrected chi connectivity index (χ3v) is 4.08. The van der Waals surface area contributed by atoms with E-state index < -0.39 is 0 Å². The highest BCUT2D eigenvalue weighted by Gasteiger charge is 2.60. The lowest BCUT2D eigenvalue weighted by Gasteiger charge is -2.30. The molecule has 1 saturated carbocycles. The van der Waals surface area contributed by atoms with Crippen LogP contribution in [0.15, 0.2) is 30.3 Å². The summed E-state index contributed by atoms with van der Waals surface area (Å²) in [4.78, 5) is 14.5. The lowest BCUT2D eigenvalue weighted by molar-refractivity contribution is -0.133. The molecule has 1 N–H and O–H groups in total. The van der Waals surface area contributed by atoms with Crippen molar-refractivity contribution < 1.29 is 9.53 Å². The Morgan fingerprint density at radius 3 is 2.68 bits per heavy atom. The molecule has 1 amide bonds. The van der Waals surface area contributed by atoms with E-state index >= 15 is 0 Å². The number of methoxy groups -OCH3 is 1. The summed E-state index contributed by atoms with van der Waals surface area (Å²) in [6.45, 7) is 2.60. The van der Waals surface area contributed by atoms with Crippen molar-refractivity contribution in [1.82, 2.24) is 10.2 Å². The van der Waals surface area contributed by atoms with E-state index in [-0.39, 0.29) is 23.7 Å². The Balaban J connectivity index is 1.90. The summed E-state index contributed by atoms with van der Waals surface area (Å²) in [5, 5.41) is 3.52. The zero-order chi connectivity index (χ0) is 13.5. The number of rotatable bonds is 4. The Morgan fingerprint density at radius 1 is 1.42 bits per heavy atom. The van der Waals surface area contributed by atoms with Crippen molar-refractivity contribution in [2.75, 3.05) is 13.7 Å². The van der Waals surface area contributed by atoms with Crippen LogP contribution in [0.2, 0.25) is 0 Å². The van der Waals surface area contributed by atoms with Gasteiger partial charge in [0.15, 0.2) is 0 Å². The van der Waals surface area contributed by atoms with Crippen LogP contribution in [0.25, 0.3) is 0 Å². The van der Waals surface area contributed by atoms with E-state index in [0.29, 0.717) is 6.61 Å². The van der Waals surface area contributed by atoms with Gasteiger partial charge in [-0.15, -0.1) is 0 Å². The van der Waals surface area contributed by atoms with Gasteiger partial charge in [0, 0.05) is 7.11 Å². The maximum atomic E-state index is 12.6. The smallest absolute Gasteiger partial charge is 0.244 e. The molecule has 1 aliphatic heterocycles. The van der Waals surface area contributed by atoms with Gasteiger partial charge in [-0.05, 0) is 25.3 Å². The maximum Gasteiger partial charge on any atom is 0.244 e. The van der Waals surface area contributed by atoms with Crippen LogP contribution in [-0.4, -0.2) is 36.1 Å². The minimum Gasteiger partial charge on any atom is -0.383 e. The predicted octanol–water partition coefficient (Wildman–Crippen LogP) is 1.68. The summed E-state index contributed by atoms with van der Waals surface area (Å²) in [5.74, 6) is 0.228. The summed E-state index contributed by atoms with van der Waals surface area (Å²) in [6.07, 6.45) is 1.87. The monoisotopic (exact) mass is 260 g/mol. The van der Waals surface area contributed by atoms with Gasteiger partial charge in [-0.2, -0.15) is 0 Å². The first kappa shape index (κ1) is 12.6. The molecule has 0 aromatic heterocycles. The van der Waals surface area contributed by atoms with E-state index in [1.54, 1.807) is 7.11 Å². The molecule has 3 rings (SSSR count). The minimum atomic E-state index is -0.289. The van der Waals surface area contributed by atoms with Gasteiger partial charge in [-0.25, -0.2) is 0 Å². The van der Waals surface area contributed by atoms with Crippen molar-refractivity contribution in [3.05, 3.63) is 35.9 Å². The SMILES string of the molecule is COCC(C)N1C(=O)C2(CC2)NC1c1ccccc1. The molecule has 1 spiro atoms. The fourth-order valence-corrected chi connectivity index (χ4v) is 2.90. The molecule has 2 atom stereocenters. The first-order chi connectivity index (χ1) is 9.18. The van der Waals surface area contributed by atoms with Gasteiger partial charge in [0.1, 0.15) is 11.7 Å². The number of hydrogen-bond donors (Lipinski definition) is 1. The second kappa shape index (κ2) is 4.62. The van der Waals surface area contributed by atoms with Gasteiger partial charge in [0.25, 0.3) is 0 Å². The Morgan fingerprint density at radius 2 is 2.11 bits per heavy atom. The van der Waals surface area contributed by atoms with Gasteiger partial charge >= 0.3 is 0 Å². The van der Waals surface area contributed by atoms with Crippen LogP contribution in [0.4, 0.5) is 0 Å². The molecule has 4 nitrogen and oxygen atoms in total. The molecule has 1 heterocycles. The topological polar surface area (TPSA) is 41.6 Å². The van der Waals surface area contributed by atoms with E-state index in [0.717, 1.165) is 18.4 Å². The van der Waals surface area contributed by atoms with E-state index in [1.807, 2.05) is 30.0 Å². The fraction of sp³-hybridized carbons (Fsp3) is 0.533. The average molecular weight is 260 g/mol. The number of nitrogens with zero attached hydrogens (tertiary/aromatic N) is 1. The second-order valence-corrected chi connectivity index (χ2v) is 5.56. The van der Waals surface area contributed by atoms with E-state index in [1.165, 1.54) is 0 Å². The van der Waals surface area contributed by atoms with E-state index in [4.69, 9.17) is 4.74 Å². The van der Waals surface area contributed by atoms with Crippen LogP contribution >= 0.6 is 0 Å². The molecule has 4 heteroatoms. The van der Waals surface area contributed by atoms with Crippen LogP contribution < -0.4 is 5.32 Å². The number of ether oxygens (including phenoxy) is 1. The highest BCUT2D eigenvalue weighted by Crippen LogP contribution is 2.46. The number of carbonyl (C=O) groups is 1. The molecule has 1 saturated heterocycles. The largest absolute Gasteiger partial charge is 0.383 e. The normalized spacial score (nSPS) is 25.9. The molecule has 1 aromatic rings. The number of benzene rings is 1. The number of amides is 1. The van der Waals surface area contributed by atoms with Gasteiger partial charge in [0.05, 0.1) is 12.6 Å². The maximum absolute atomic E-state index is 12.6. The Hall–Kier alpha value is -1.39. The Kier molecular flexibility index (Phi) is 3.07. The van der Waals surface area contributed by atoms with Crippen molar-refractivity contribution in [3.8, 4) is 0 Å². The summed E-state index contributed by atoms with van der Waals surface area (Å²) in [7, 11) is 1.68. The molecule has 19 heavy (non-hydrogen) atoms. The first-order valence-corrected chi connectivity index (χ1v) is 6.82. The highest BCUT2D eigenvalue weighted by molar-refractivity contribution is 5.92. The number of hydrogen-bond acceptors (Lipinski definition) is 3.